The number of rotatable bonds is 7. The highest BCUT2D eigenvalue weighted by Crippen LogP contribution is 2.47. The van der Waals surface area contributed by atoms with Crippen LogP contribution in [-0.4, -0.2) is 40.3 Å². The Kier molecular flexibility index (Phi) is 4.46. The fraction of sp³-hybridized carbons (Fsp3) is 0.421. The van der Waals surface area contributed by atoms with Crippen molar-refractivity contribution in [2.45, 2.75) is 31.3 Å². The van der Waals surface area contributed by atoms with Crippen LogP contribution in [0.4, 0.5) is 5.82 Å². The molecule has 0 radical (unpaired) electrons. The van der Waals surface area contributed by atoms with Gasteiger partial charge in [-0.2, -0.15) is 14.6 Å². The molecule has 0 spiro atoms. The number of para-hydroxylation sites is 1. The van der Waals surface area contributed by atoms with Crippen LogP contribution in [0.5, 0.6) is 5.75 Å². The van der Waals surface area contributed by atoms with Gasteiger partial charge in [-0.25, -0.2) is 4.98 Å². The molecule has 0 amide bonds. The normalized spacial score (nSPS) is 15.6. The average molecular weight is 353 g/mol. The molecule has 7 nitrogen and oxygen atoms in total. The van der Waals surface area contributed by atoms with Crippen molar-refractivity contribution in [1.82, 2.24) is 19.6 Å². The zero-order chi connectivity index (χ0) is 18.0. The third-order valence-corrected chi connectivity index (χ3v) is 5.19. The summed E-state index contributed by atoms with van der Waals surface area (Å²) in [6, 6.07) is 10.3. The zero-order valence-electron chi connectivity index (χ0n) is 15.1. The average Bonchev–Trinajstić information content (AvgIpc) is 3.10. The summed E-state index contributed by atoms with van der Waals surface area (Å²) in [6.07, 6.45) is 5.01. The van der Waals surface area contributed by atoms with E-state index in [4.69, 9.17) is 9.47 Å². The molecule has 4 rings (SSSR count). The van der Waals surface area contributed by atoms with Crippen LogP contribution in [-0.2, 0) is 16.8 Å². The van der Waals surface area contributed by atoms with Gasteiger partial charge in [0.1, 0.15) is 17.9 Å². The van der Waals surface area contributed by atoms with Gasteiger partial charge < -0.3 is 14.8 Å². The molecular formula is C19H23N5O2. The number of nitrogens with zero attached hydrogens (tertiary/aromatic N) is 4. The fourth-order valence-electron chi connectivity index (χ4n) is 3.70. The van der Waals surface area contributed by atoms with E-state index in [1.807, 2.05) is 18.2 Å². The number of aromatic nitrogens is 4. The Bertz CT molecular complexity index is 904. The van der Waals surface area contributed by atoms with E-state index >= 15 is 0 Å². The number of fused-ring (bicyclic) bond motifs is 1. The maximum Gasteiger partial charge on any atom is 0.254 e. The summed E-state index contributed by atoms with van der Waals surface area (Å²) in [7, 11) is 3.39. The van der Waals surface area contributed by atoms with Gasteiger partial charge in [-0.05, 0) is 18.9 Å². The molecular weight excluding hydrogens is 330 g/mol. The Labute approximate surface area is 152 Å². The van der Waals surface area contributed by atoms with E-state index in [1.54, 1.807) is 18.7 Å². The molecule has 136 valence electrons. The molecule has 0 unspecified atom stereocenters. The Morgan fingerprint density at radius 2 is 2.08 bits per heavy atom. The van der Waals surface area contributed by atoms with Crippen molar-refractivity contribution >= 4 is 11.6 Å². The highest BCUT2D eigenvalue weighted by Gasteiger charge is 2.40. The highest BCUT2D eigenvalue weighted by molar-refractivity contribution is 5.48. The van der Waals surface area contributed by atoms with Gasteiger partial charge in [0.2, 0.25) is 0 Å². The molecule has 0 saturated heterocycles. The number of anilines is 1. The second-order valence-corrected chi connectivity index (χ2v) is 6.73. The molecule has 2 heterocycles. The largest absolute Gasteiger partial charge is 0.496 e. The van der Waals surface area contributed by atoms with Gasteiger partial charge in [0.05, 0.1) is 19.4 Å². The van der Waals surface area contributed by atoms with E-state index in [0.29, 0.717) is 12.4 Å². The van der Waals surface area contributed by atoms with Crippen LogP contribution in [0.3, 0.4) is 0 Å². The summed E-state index contributed by atoms with van der Waals surface area (Å²) < 4.78 is 12.6. The van der Waals surface area contributed by atoms with Crippen LogP contribution in [0.25, 0.3) is 5.78 Å². The molecule has 0 bridgehead atoms. The molecule has 7 heteroatoms. The molecule has 2 aromatic heterocycles. The van der Waals surface area contributed by atoms with Crippen LogP contribution in [0, 0.1) is 0 Å². The lowest BCUT2D eigenvalue weighted by Gasteiger charge is -2.43. The number of nitrogens with one attached hydrogen (secondary N) is 1. The summed E-state index contributed by atoms with van der Waals surface area (Å²) in [6.45, 7) is 1.24. The maximum atomic E-state index is 5.61. The predicted octanol–water partition coefficient (Wildman–Crippen LogP) is 2.81. The standard InChI is InChI=1S/C19H23N5O2/c1-25-11-14-10-17(24-18(23-14)21-13-22-24)20-12-19(8-5-9-19)15-6-3-4-7-16(15)26-2/h3-4,6-7,10,13,20H,5,8-9,11-12H2,1-2H3. The molecule has 1 aliphatic carbocycles. The van der Waals surface area contributed by atoms with Gasteiger partial charge in [-0.1, -0.05) is 24.6 Å². The summed E-state index contributed by atoms with van der Waals surface area (Å²) in [4.78, 5) is 8.67. The van der Waals surface area contributed by atoms with Crippen LogP contribution < -0.4 is 10.1 Å². The first-order chi connectivity index (χ1) is 12.8. The van der Waals surface area contributed by atoms with Crippen molar-refractivity contribution in [2.24, 2.45) is 0 Å². The molecule has 0 atom stereocenters. The Hall–Kier alpha value is -2.67. The molecule has 1 saturated carbocycles. The number of hydrogen-bond acceptors (Lipinski definition) is 6. The third-order valence-electron chi connectivity index (χ3n) is 5.19. The monoisotopic (exact) mass is 353 g/mol. The minimum absolute atomic E-state index is 0.0736. The topological polar surface area (TPSA) is 73.6 Å². The summed E-state index contributed by atoms with van der Waals surface area (Å²) in [5.41, 5.74) is 2.17. The fourth-order valence-corrected chi connectivity index (χ4v) is 3.70. The first kappa shape index (κ1) is 16.8. The van der Waals surface area contributed by atoms with Crippen molar-refractivity contribution in [3.8, 4) is 5.75 Å². The number of ether oxygens (including phenoxy) is 2. The van der Waals surface area contributed by atoms with E-state index in [-0.39, 0.29) is 5.41 Å². The Morgan fingerprint density at radius 3 is 2.81 bits per heavy atom. The first-order valence-corrected chi connectivity index (χ1v) is 8.82. The van der Waals surface area contributed by atoms with E-state index in [1.165, 1.54) is 18.3 Å². The molecule has 0 aliphatic heterocycles. The molecule has 1 aromatic carbocycles. The molecule has 26 heavy (non-hydrogen) atoms. The van der Waals surface area contributed by atoms with Gasteiger partial charge in [0.25, 0.3) is 5.78 Å². The maximum absolute atomic E-state index is 5.61. The minimum atomic E-state index is 0.0736. The van der Waals surface area contributed by atoms with E-state index < -0.39 is 0 Å². The lowest BCUT2D eigenvalue weighted by atomic mass is 9.64. The number of methoxy groups -OCH3 is 2. The van der Waals surface area contributed by atoms with Crippen molar-refractivity contribution < 1.29 is 9.47 Å². The third kappa shape index (κ3) is 2.88. The smallest absolute Gasteiger partial charge is 0.254 e. The summed E-state index contributed by atoms with van der Waals surface area (Å²) in [5, 5.41) is 7.86. The highest BCUT2D eigenvalue weighted by atomic mass is 16.5. The SMILES string of the molecule is COCc1cc(NCC2(c3ccccc3OC)CCC2)n2ncnc2n1. The van der Waals surface area contributed by atoms with Crippen molar-refractivity contribution in [1.29, 1.82) is 0 Å². The molecule has 1 fully saturated rings. The van der Waals surface area contributed by atoms with Crippen LogP contribution in [0.15, 0.2) is 36.7 Å². The quantitative estimate of drug-likeness (QED) is 0.704. The lowest BCUT2D eigenvalue weighted by Crippen LogP contribution is -2.41. The van der Waals surface area contributed by atoms with Gasteiger partial charge in [0.15, 0.2) is 0 Å². The van der Waals surface area contributed by atoms with Gasteiger partial charge in [-0.15, -0.1) is 0 Å². The van der Waals surface area contributed by atoms with Crippen LogP contribution in [0.1, 0.15) is 30.5 Å². The van der Waals surface area contributed by atoms with E-state index in [2.05, 4.69) is 32.5 Å². The second kappa shape index (κ2) is 6.92. The van der Waals surface area contributed by atoms with E-state index in [9.17, 15) is 0 Å². The number of benzene rings is 1. The van der Waals surface area contributed by atoms with Crippen LogP contribution in [0.2, 0.25) is 0 Å². The Morgan fingerprint density at radius 1 is 1.23 bits per heavy atom. The molecule has 3 aromatic rings. The Balaban J connectivity index is 1.63. The van der Waals surface area contributed by atoms with Gasteiger partial charge in [-0.3, -0.25) is 0 Å². The number of hydrogen-bond donors (Lipinski definition) is 1. The summed E-state index contributed by atoms with van der Waals surface area (Å²) >= 11 is 0. The second-order valence-electron chi connectivity index (χ2n) is 6.73. The van der Waals surface area contributed by atoms with Crippen molar-refractivity contribution in [3.63, 3.8) is 0 Å². The van der Waals surface area contributed by atoms with Gasteiger partial charge in [0, 0.05) is 30.7 Å². The van der Waals surface area contributed by atoms with E-state index in [0.717, 1.165) is 36.6 Å². The van der Waals surface area contributed by atoms with Crippen molar-refractivity contribution in [3.05, 3.63) is 47.9 Å². The molecule has 1 N–H and O–H groups in total. The summed E-state index contributed by atoms with van der Waals surface area (Å²) in [5.74, 6) is 2.40. The van der Waals surface area contributed by atoms with Gasteiger partial charge >= 0.3 is 0 Å². The first-order valence-electron chi connectivity index (χ1n) is 8.82. The lowest BCUT2D eigenvalue weighted by molar-refractivity contribution is 0.181. The van der Waals surface area contributed by atoms with Crippen molar-refractivity contribution in [2.75, 3.05) is 26.1 Å². The zero-order valence-corrected chi connectivity index (χ0v) is 15.1. The van der Waals surface area contributed by atoms with Crippen LogP contribution >= 0.6 is 0 Å². The predicted molar refractivity (Wildman–Crippen MR) is 98.5 cm³/mol. The minimum Gasteiger partial charge on any atom is -0.496 e. The molecule has 1 aliphatic rings.